The van der Waals surface area contributed by atoms with Gasteiger partial charge in [0, 0.05) is 51.9 Å². The summed E-state index contributed by atoms with van der Waals surface area (Å²) in [4.78, 5) is 20.6. The number of aliphatic imine (C=N–C) groups is 1. The minimum atomic E-state index is -2.87. The Kier molecular flexibility index (Phi) is 7.02. The summed E-state index contributed by atoms with van der Waals surface area (Å²) < 4.78 is 35.2. The molecular weight excluding hydrogens is 370 g/mol. The molecule has 0 aliphatic carbocycles. The molecule has 7 nitrogen and oxygen atoms in total. The maximum atomic E-state index is 12.6. The number of guanidine groups is 1. The van der Waals surface area contributed by atoms with Gasteiger partial charge in [-0.05, 0) is 18.9 Å². The number of piperazine rings is 1. The molecule has 2 saturated heterocycles. The van der Waals surface area contributed by atoms with Crippen molar-refractivity contribution in [1.82, 2.24) is 15.1 Å². The van der Waals surface area contributed by atoms with Gasteiger partial charge < -0.3 is 24.6 Å². The van der Waals surface area contributed by atoms with Gasteiger partial charge in [0.2, 0.25) is 0 Å². The summed E-state index contributed by atoms with van der Waals surface area (Å²) in [6, 6.07) is 6.67. The van der Waals surface area contributed by atoms with Gasteiger partial charge in [-0.1, -0.05) is 18.2 Å². The van der Waals surface area contributed by atoms with Crippen LogP contribution in [0.4, 0.5) is 8.78 Å². The van der Waals surface area contributed by atoms with Gasteiger partial charge >= 0.3 is 6.61 Å². The molecule has 1 N–H and O–H groups in total. The van der Waals surface area contributed by atoms with E-state index in [9.17, 15) is 13.6 Å². The molecule has 1 amide bonds. The highest BCUT2D eigenvalue weighted by Gasteiger charge is 2.30. The van der Waals surface area contributed by atoms with Crippen molar-refractivity contribution in [2.24, 2.45) is 4.99 Å². The highest BCUT2D eigenvalue weighted by molar-refractivity contribution is 5.82. The summed E-state index contributed by atoms with van der Waals surface area (Å²) in [6.07, 6.45) is 1.43. The second-order valence-corrected chi connectivity index (χ2v) is 6.70. The molecule has 0 bridgehead atoms. The van der Waals surface area contributed by atoms with Crippen LogP contribution in [0.1, 0.15) is 18.4 Å². The van der Waals surface area contributed by atoms with E-state index in [1.165, 1.54) is 6.07 Å². The third-order valence-corrected chi connectivity index (χ3v) is 4.93. The van der Waals surface area contributed by atoms with Gasteiger partial charge in [0.1, 0.15) is 11.9 Å². The first-order chi connectivity index (χ1) is 13.6. The van der Waals surface area contributed by atoms with Gasteiger partial charge in [-0.25, -0.2) is 0 Å². The Balaban J connectivity index is 1.52. The van der Waals surface area contributed by atoms with Crippen LogP contribution >= 0.6 is 0 Å². The number of carbonyl (C=O) groups excluding carboxylic acids is 1. The van der Waals surface area contributed by atoms with Gasteiger partial charge in [-0.2, -0.15) is 8.78 Å². The number of alkyl halides is 2. The molecule has 0 radical (unpaired) electrons. The lowest BCUT2D eigenvalue weighted by atomic mass is 10.2. The molecule has 2 aliphatic heterocycles. The Bertz CT molecular complexity index is 688. The number of carbonyl (C=O) groups is 1. The van der Waals surface area contributed by atoms with Crippen molar-refractivity contribution in [3.63, 3.8) is 0 Å². The van der Waals surface area contributed by atoms with Crippen LogP contribution in [0.25, 0.3) is 0 Å². The van der Waals surface area contributed by atoms with Crippen molar-refractivity contribution in [1.29, 1.82) is 0 Å². The van der Waals surface area contributed by atoms with Crippen molar-refractivity contribution < 1.29 is 23.0 Å². The fourth-order valence-corrected chi connectivity index (χ4v) is 3.48. The molecule has 0 spiro atoms. The topological polar surface area (TPSA) is 66.4 Å². The summed E-state index contributed by atoms with van der Waals surface area (Å²) in [7, 11) is 1.67. The molecule has 3 rings (SSSR count). The zero-order valence-electron chi connectivity index (χ0n) is 15.9. The number of nitrogens with zero attached hydrogens (tertiary/aromatic N) is 3. The van der Waals surface area contributed by atoms with Crippen LogP contribution in [0.2, 0.25) is 0 Å². The van der Waals surface area contributed by atoms with Gasteiger partial charge in [0.05, 0.1) is 0 Å². The zero-order valence-corrected chi connectivity index (χ0v) is 15.9. The molecule has 1 unspecified atom stereocenters. The maximum Gasteiger partial charge on any atom is 0.387 e. The molecule has 28 heavy (non-hydrogen) atoms. The number of hydrogen-bond acceptors (Lipinski definition) is 4. The highest BCUT2D eigenvalue weighted by Crippen LogP contribution is 2.20. The third kappa shape index (κ3) is 5.09. The molecule has 0 saturated carbocycles. The Labute approximate surface area is 163 Å². The Morgan fingerprint density at radius 3 is 2.64 bits per heavy atom. The van der Waals surface area contributed by atoms with Crippen LogP contribution in [-0.4, -0.2) is 74.2 Å². The fraction of sp³-hybridized carbons (Fsp3) is 0.579. The van der Waals surface area contributed by atoms with E-state index in [1.54, 1.807) is 25.2 Å². The Morgan fingerprint density at radius 2 is 2.00 bits per heavy atom. The largest absolute Gasteiger partial charge is 0.434 e. The molecule has 2 fully saturated rings. The molecular formula is C19H26F2N4O3. The standard InChI is InChI=1S/C19H26F2N4O3/c1-22-19(23-13-14-5-2-3-6-15(14)28-18(20)21)25-10-8-24(9-11-25)17(26)16-7-4-12-27-16/h2-3,5-6,16,18H,4,7-13H2,1H3,(H,22,23). The van der Waals surface area contributed by atoms with Crippen LogP contribution in [0.5, 0.6) is 5.75 Å². The second-order valence-electron chi connectivity index (χ2n) is 6.70. The van der Waals surface area contributed by atoms with Crippen LogP contribution < -0.4 is 10.1 Å². The first kappa shape index (κ1) is 20.3. The molecule has 1 aromatic rings. The lowest BCUT2D eigenvalue weighted by molar-refractivity contribution is -0.142. The minimum Gasteiger partial charge on any atom is -0.434 e. The number of amides is 1. The zero-order chi connectivity index (χ0) is 19.9. The number of ether oxygens (including phenoxy) is 2. The number of para-hydroxylation sites is 1. The highest BCUT2D eigenvalue weighted by atomic mass is 19.3. The Hall–Kier alpha value is -2.42. The van der Waals surface area contributed by atoms with Gasteiger partial charge in [0.25, 0.3) is 5.91 Å². The van der Waals surface area contributed by atoms with Crippen LogP contribution in [-0.2, 0) is 16.1 Å². The first-order valence-electron chi connectivity index (χ1n) is 9.47. The van der Waals surface area contributed by atoms with E-state index in [0.29, 0.717) is 50.9 Å². The van der Waals surface area contributed by atoms with Crippen molar-refractivity contribution in [2.75, 3.05) is 39.8 Å². The van der Waals surface area contributed by atoms with Crippen molar-refractivity contribution in [3.8, 4) is 5.75 Å². The molecule has 9 heteroatoms. The van der Waals surface area contributed by atoms with Gasteiger partial charge in [-0.3, -0.25) is 9.79 Å². The van der Waals surface area contributed by atoms with E-state index in [4.69, 9.17) is 4.74 Å². The normalized spacial score (nSPS) is 20.6. The van der Waals surface area contributed by atoms with Crippen LogP contribution in [0, 0.1) is 0 Å². The maximum absolute atomic E-state index is 12.6. The van der Waals surface area contributed by atoms with E-state index in [0.717, 1.165) is 12.8 Å². The van der Waals surface area contributed by atoms with E-state index in [1.807, 2.05) is 4.90 Å². The Morgan fingerprint density at radius 1 is 1.29 bits per heavy atom. The quantitative estimate of drug-likeness (QED) is 0.606. The average molecular weight is 396 g/mol. The number of benzene rings is 1. The minimum absolute atomic E-state index is 0.0678. The van der Waals surface area contributed by atoms with E-state index in [-0.39, 0.29) is 17.8 Å². The summed E-state index contributed by atoms with van der Waals surface area (Å²) in [5, 5.41) is 3.19. The van der Waals surface area contributed by atoms with Crippen molar-refractivity contribution in [2.45, 2.75) is 32.1 Å². The smallest absolute Gasteiger partial charge is 0.387 e. The van der Waals surface area contributed by atoms with Gasteiger partial charge in [-0.15, -0.1) is 0 Å². The average Bonchev–Trinajstić information content (AvgIpc) is 3.24. The number of rotatable bonds is 5. The van der Waals surface area contributed by atoms with Crippen molar-refractivity contribution in [3.05, 3.63) is 29.8 Å². The molecule has 1 aromatic carbocycles. The number of nitrogens with one attached hydrogen (secondary N) is 1. The number of halogens is 2. The van der Waals surface area contributed by atoms with E-state index < -0.39 is 6.61 Å². The SMILES string of the molecule is CN=C(NCc1ccccc1OC(F)F)N1CCN(C(=O)C2CCCO2)CC1. The van der Waals surface area contributed by atoms with E-state index >= 15 is 0 Å². The molecule has 2 heterocycles. The predicted octanol–water partition coefficient (Wildman–Crippen LogP) is 1.69. The lowest BCUT2D eigenvalue weighted by Crippen LogP contribution is -2.55. The first-order valence-corrected chi connectivity index (χ1v) is 9.47. The lowest BCUT2D eigenvalue weighted by Gasteiger charge is -2.37. The molecule has 2 aliphatic rings. The summed E-state index contributed by atoms with van der Waals surface area (Å²) in [5.74, 6) is 0.877. The van der Waals surface area contributed by atoms with Crippen LogP contribution in [0.15, 0.2) is 29.3 Å². The fourth-order valence-electron chi connectivity index (χ4n) is 3.48. The second kappa shape index (κ2) is 9.68. The summed E-state index contributed by atoms with van der Waals surface area (Å²) >= 11 is 0. The molecule has 1 atom stereocenters. The monoisotopic (exact) mass is 396 g/mol. The van der Waals surface area contributed by atoms with Crippen LogP contribution in [0.3, 0.4) is 0 Å². The van der Waals surface area contributed by atoms with E-state index in [2.05, 4.69) is 19.9 Å². The van der Waals surface area contributed by atoms with Crippen molar-refractivity contribution >= 4 is 11.9 Å². The third-order valence-electron chi connectivity index (χ3n) is 4.93. The molecule has 0 aromatic heterocycles. The van der Waals surface area contributed by atoms with Gasteiger partial charge in [0.15, 0.2) is 5.96 Å². The summed E-state index contributed by atoms with van der Waals surface area (Å²) in [5.41, 5.74) is 0.621. The number of hydrogen-bond donors (Lipinski definition) is 1. The summed E-state index contributed by atoms with van der Waals surface area (Å²) in [6.45, 7) is 0.596. The molecule has 154 valence electrons. The predicted molar refractivity (Wildman–Crippen MR) is 100 cm³/mol.